The smallest absolute Gasteiger partial charge is 0.153 e. The van der Waals surface area contributed by atoms with Crippen LogP contribution in [-0.4, -0.2) is 4.98 Å². The van der Waals surface area contributed by atoms with E-state index in [0.29, 0.717) is 17.4 Å². The van der Waals surface area contributed by atoms with Crippen molar-refractivity contribution in [2.24, 2.45) is 0 Å². The molecule has 0 bridgehead atoms. The summed E-state index contributed by atoms with van der Waals surface area (Å²) in [5.74, 6) is 1.21. The molecule has 0 saturated carbocycles. The molecule has 0 radical (unpaired) electrons. The summed E-state index contributed by atoms with van der Waals surface area (Å²) in [4.78, 5) is 4.25. The van der Waals surface area contributed by atoms with Gasteiger partial charge in [0.2, 0.25) is 0 Å². The molecule has 0 aliphatic carbocycles. The van der Waals surface area contributed by atoms with E-state index in [-0.39, 0.29) is 0 Å². The molecule has 2 rings (SSSR count). The Hall–Kier alpha value is -1.55. The zero-order valence-corrected chi connectivity index (χ0v) is 12.0. The van der Waals surface area contributed by atoms with Gasteiger partial charge in [-0.15, -0.1) is 0 Å². The molecule has 1 aromatic carbocycles. The minimum Gasteiger partial charge on any atom is -0.396 e. The van der Waals surface area contributed by atoms with Crippen molar-refractivity contribution in [1.29, 1.82) is 0 Å². The molecule has 4 heteroatoms. The summed E-state index contributed by atoms with van der Waals surface area (Å²) in [6.45, 7) is 4.35. The number of halogens is 1. The van der Waals surface area contributed by atoms with Crippen LogP contribution in [0.3, 0.4) is 0 Å². The molecule has 2 aromatic rings. The van der Waals surface area contributed by atoms with Crippen molar-refractivity contribution in [3.63, 3.8) is 0 Å². The van der Waals surface area contributed by atoms with Crippen molar-refractivity contribution in [3.05, 3.63) is 46.6 Å². The van der Waals surface area contributed by atoms with E-state index in [1.165, 1.54) is 5.56 Å². The van der Waals surface area contributed by atoms with Gasteiger partial charge >= 0.3 is 0 Å². The fourth-order valence-electron chi connectivity index (χ4n) is 1.65. The first-order valence-electron chi connectivity index (χ1n) is 5.84. The lowest BCUT2D eigenvalue weighted by molar-refractivity contribution is 0.867. The fourth-order valence-corrected chi connectivity index (χ4v) is 2.00. The Kier molecular flexibility index (Phi) is 3.87. The van der Waals surface area contributed by atoms with Gasteiger partial charge in [-0.3, -0.25) is 0 Å². The second-order valence-electron chi connectivity index (χ2n) is 4.49. The maximum atomic E-state index is 5.89. The maximum Gasteiger partial charge on any atom is 0.153 e. The number of nitrogens with zero attached hydrogens (tertiary/aromatic N) is 1. The summed E-state index contributed by atoms with van der Waals surface area (Å²) < 4.78 is 0.876. The highest BCUT2D eigenvalue weighted by Crippen LogP contribution is 2.24. The van der Waals surface area contributed by atoms with Crippen molar-refractivity contribution >= 4 is 33.1 Å². The fraction of sp³-hybridized carbons (Fsp3) is 0.214. The summed E-state index contributed by atoms with van der Waals surface area (Å²) in [5.41, 5.74) is 8.82. The summed E-state index contributed by atoms with van der Waals surface area (Å²) in [5, 5.41) is 3.21. The lowest BCUT2D eigenvalue weighted by Crippen LogP contribution is -1.99. The van der Waals surface area contributed by atoms with Crippen molar-refractivity contribution in [2.45, 2.75) is 19.8 Å². The Balaban J connectivity index is 2.18. The van der Waals surface area contributed by atoms with E-state index < -0.39 is 0 Å². The standard InChI is InChI=1S/C14H16BrN3/c1-9(2)10-3-5-12(6-4-10)18-14-13(16)7-11(15)8-17-14/h3-9H,16H2,1-2H3,(H,17,18). The van der Waals surface area contributed by atoms with Gasteiger partial charge in [0.25, 0.3) is 0 Å². The van der Waals surface area contributed by atoms with Gasteiger partial charge in [0.1, 0.15) is 0 Å². The van der Waals surface area contributed by atoms with Crippen LogP contribution in [0.2, 0.25) is 0 Å². The summed E-state index contributed by atoms with van der Waals surface area (Å²) >= 11 is 3.34. The van der Waals surface area contributed by atoms with E-state index in [4.69, 9.17) is 5.73 Å². The van der Waals surface area contributed by atoms with Gasteiger partial charge in [-0.2, -0.15) is 0 Å². The molecule has 0 spiro atoms. The van der Waals surface area contributed by atoms with Crippen molar-refractivity contribution in [3.8, 4) is 0 Å². The SMILES string of the molecule is CC(C)c1ccc(Nc2ncc(Br)cc2N)cc1. The average Bonchev–Trinajstić information content (AvgIpc) is 2.33. The van der Waals surface area contributed by atoms with Gasteiger partial charge in [-0.1, -0.05) is 26.0 Å². The average molecular weight is 306 g/mol. The van der Waals surface area contributed by atoms with E-state index in [2.05, 4.69) is 52.2 Å². The molecule has 0 aliphatic heterocycles. The van der Waals surface area contributed by atoms with Crippen LogP contribution in [0.5, 0.6) is 0 Å². The monoisotopic (exact) mass is 305 g/mol. The third-order valence-corrected chi connectivity index (χ3v) is 3.16. The van der Waals surface area contributed by atoms with Gasteiger partial charge in [0, 0.05) is 16.4 Å². The van der Waals surface area contributed by atoms with Crippen molar-refractivity contribution in [1.82, 2.24) is 4.98 Å². The van der Waals surface area contributed by atoms with E-state index in [1.807, 2.05) is 18.2 Å². The first kappa shape index (κ1) is 12.9. The lowest BCUT2D eigenvalue weighted by atomic mass is 10.0. The Morgan fingerprint density at radius 2 is 1.89 bits per heavy atom. The Labute approximate surface area is 116 Å². The number of hydrogen-bond acceptors (Lipinski definition) is 3. The number of aromatic nitrogens is 1. The second-order valence-corrected chi connectivity index (χ2v) is 5.41. The number of nitrogens with two attached hydrogens (primary N) is 1. The molecule has 0 aliphatic rings. The molecule has 0 amide bonds. The molecule has 94 valence electrons. The second kappa shape index (κ2) is 5.40. The zero-order chi connectivity index (χ0) is 13.1. The van der Waals surface area contributed by atoms with Crippen molar-refractivity contribution in [2.75, 3.05) is 11.1 Å². The van der Waals surface area contributed by atoms with Crippen LogP contribution in [0.4, 0.5) is 17.2 Å². The number of nitrogen functional groups attached to an aromatic ring is 1. The molecule has 3 N–H and O–H groups in total. The van der Waals surface area contributed by atoms with E-state index in [0.717, 1.165) is 10.2 Å². The number of pyridine rings is 1. The normalized spacial score (nSPS) is 10.7. The number of rotatable bonds is 3. The molecule has 18 heavy (non-hydrogen) atoms. The maximum absolute atomic E-state index is 5.89. The van der Waals surface area contributed by atoms with E-state index >= 15 is 0 Å². The number of hydrogen-bond donors (Lipinski definition) is 2. The predicted octanol–water partition coefficient (Wildman–Crippen LogP) is 4.29. The van der Waals surface area contributed by atoms with Gasteiger partial charge in [-0.05, 0) is 45.6 Å². The molecule has 1 heterocycles. The van der Waals surface area contributed by atoms with E-state index in [1.54, 1.807) is 6.20 Å². The molecule has 0 atom stereocenters. The highest BCUT2D eigenvalue weighted by Gasteiger charge is 2.03. The van der Waals surface area contributed by atoms with Crippen LogP contribution < -0.4 is 11.1 Å². The first-order chi connectivity index (χ1) is 8.56. The summed E-state index contributed by atoms with van der Waals surface area (Å²) in [6.07, 6.45) is 1.72. The minimum absolute atomic E-state index is 0.537. The van der Waals surface area contributed by atoms with Crippen LogP contribution in [-0.2, 0) is 0 Å². The van der Waals surface area contributed by atoms with Crippen molar-refractivity contribution < 1.29 is 0 Å². The third kappa shape index (κ3) is 3.01. The Morgan fingerprint density at radius 1 is 1.22 bits per heavy atom. The molecular formula is C14H16BrN3. The topological polar surface area (TPSA) is 50.9 Å². The largest absolute Gasteiger partial charge is 0.396 e. The van der Waals surface area contributed by atoms with Gasteiger partial charge in [-0.25, -0.2) is 4.98 Å². The van der Waals surface area contributed by atoms with Gasteiger partial charge < -0.3 is 11.1 Å². The minimum atomic E-state index is 0.537. The molecular weight excluding hydrogens is 290 g/mol. The van der Waals surface area contributed by atoms with Crippen LogP contribution in [0.1, 0.15) is 25.3 Å². The summed E-state index contributed by atoms with van der Waals surface area (Å²) in [6, 6.07) is 10.1. The van der Waals surface area contributed by atoms with Gasteiger partial charge in [0.15, 0.2) is 5.82 Å². The third-order valence-electron chi connectivity index (χ3n) is 2.72. The number of benzene rings is 1. The van der Waals surface area contributed by atoms with Crippen LogP contribution >= 0.6 is 15.9 Å². The molecule has 0 fully saturated rings. The van der Waals surface area contributed by atoms with Crippen LogP contribution in [0.25, 0.3) is 0 Å². The Morgan fingerprint density at radius 3 is 2.44 bits per heavy atom. The van der Waals surface area contributed by atoms with E-state index in [9.17, 15) is 0 Å². The lowest BCUT2D eigenvalue weighted by Gasteiger charge is -2.10. The molecule has 0 unspecified atom stereocenters. The number of anilines is 3. The molecule has 0 saturated heterocycles. The van der Waals surface area contributed by atoms with Gasteiger partial charge in [0.05, 0.1) is 5.69 Å². The molecule has 3 nitrogen and oxygen atoms in total. The van der Waals surface area contributed by atoms with Crippen LogP contribution in [0, 0.1) is 0 Å². The Bertz CT molecular complexity index is 535. The first-order valence-corrected chi connectivity index (χ1v) is 6.63. The molecule has 1 aromatic heterocycles. The quantitative estimate of drug-likeness (QED) is 0.889. The summed E-state index contributed by atoms with van der Waals surface area (Å²) in [7, 11) is 0. The number of nitrogens with one attached hydrogen (secondary N) is 1. The highest BCUT2D eigenvalue weighted by atomic mass is 79.9. The highest BCUT2D eigenvalue weighted by molar-refractivity contribution is 9.10. The predicted molar refractivity (Wildman–Crippen MR) is 80.2 cm³/mol. The zero-order valence-electron chi connectivity index (χ0n) is 10.4. The van der Waals surface area contributed by atoms with Crippen LogP contribution in [0.15, 0.2) is 41.0 Å².